The molecule has 5 heteroatoms. The number of rotatable bonds is 3. The lowest BCUT2D eigenvalue weighted by Gasteiger charge is -2.35. The van der Waals surface area contributed by atoms with E-state index in [-0.39, 0.29) is 29.5 Å². The Morgan fingerprint density at radius 2 is 2.10 bits per heavy atom. The van der Waals surface area contributed by atoms with Gasteiger partial charge in [-0.25, -0.2) is 0 Å². The third-order valence-corrected chi connectivity index (χ3v) is 4.09. The van der Waals surface area contributed by atoms with E-state index in [9.17, 15) is 9.59 Å². The van der Waals surface area contributed by atoms with Crippen LogP contribution in [0.1, 0.15) is 55.3 Å². The Kier molecular flexibility index (Phi) is 4.12. The molecule has 1 N–H and O–H groups in total. The second kappa shape index (κ2) is 5.54. The van der Waals surface area contributed by atoms with Gasteiger partial charge in [-0.1, -0.05) is 20.8 Å². The highest BCUT2D eigenvalue weighted by Crippen LogP contribution is 2.34. The van der Waals surface area contributed by atoms with Crippen LogP contribution >= 0.6 is 0 Å². The average molecular weight is 293 g/mol. The fourth-order valence-electron chi connectivity index (χ4n) is 3.11. The SMILES string of the molecule is Cc1coc(CC(=O)O)c1C(=O)N1CCCC1C(C)(C)C. The van der Waals surface area contributed by atoms with E-state index in [1.165, 1.54) is 6.26 Å². The number of carboxylic acid groups (broad SMARTS) is 1. The quantitative estimate of drug-likeness (QED) is 0.930. The number of aryl methyl sites for hydroxylation is 1. The van der Waals surface area contributed by atoms with Crippen LogP contribution in [0, 0.1) is 12.3 Å². The predicted octanol–water partition coefficient (Wildman–Crippen LogP) is 2.87. The van der Waals surface area contributed by atoms with Crippen LogP contribution in [-0.4, -0.2) is 34.5 Å². The zero-order valence-electron chi connectivity index (χ0n) is 13.1. The molecule has 2 heterocycles. The molecule has 21 heavy (non-hydrogen) atoms. The van der Waals surface area contributed by atoms with Crippen LogP contribution in [0.5, 0.6) is 0 Å². The van der Waals surface area contributed by atoms with E-state index in [0.29, 0.717) is 11.1 Å². The number of aliphatic carboxylic acids is 1. The Bertz CT molecular complexity index is 553. The first-order chi connectivity index (χ1) is 9.71. The number of amides is 1. The van der Waals surface area contributed by atoms with Gasteiger partial charge in [0.2, 0.25) is 0 Å². The van der Waals surface area contributed by atoms with Crippen LogP contribution in [-0.2, 0) is 11.2 Å². The highest BCUT2D eigenvalue weighted by Gasteiger charge is 2.38. The number of hydrogen-bond acceptors (Lipinski definition) is 3. The number of carboxylic acids is 1. The molecule has 2 rings (SSSR count). The average Bonchev–Trinajstić information content (AvgIpc) is 2.94. The molecule has 1 amide bonds. The summed E-state index contributed by atoms with van der Waals surface area (Å²) in [5.41, 5.74) is 1.14. The summed E-state index contributed by atoms with van der Waals surface area (Å²) in [6.07, 6.45) is 3.18. The summed E-state index contributed by atoms with van der Waals surface area (Å²) in [5, 5.41) is 8.94. The van der Waals surface area contributed by atoms with Gasteiger partial charge in [0.15, 0.2) is 0 Å². The zero-order valence-corrected chi connectivity index (χ0v) is 13.1. The summed E-state index contributed by atoms with van der Waals surface area (Å²) >= 11 is 0. The van der Waals surface area contributed by atoms with E-state index in [1.54, 1.807) is 6.92 Å². The minimum absolute atomic E-state index is 0.0107. The summed E-state index contributed by atoms with van der Waals surface area (Å²) < 4.78 is 5.28. The molecule has 0 saturated carbocycles. The number of nitrogens with zero attached hydrogens (tertiary/aromatic N) is 1. The van der Waals surface area contributed by atoms with Gasteiger partial charge in [-0.2, -0.15) is 0 Å². The number of carbonyl (C=O) groups excluding carboxylic acids is 1. The third-order valence-electron chi connectivity index (χ3n) is 4.09. The summed E-state index contributed by atoms with van der Waals surface area (Å²) in [5.74, 6) is -0.841. The van der Waals surface area contributed by atoms with Gasteiger partial charge < -0.3 is 14.4 Å². The predicted molar refractivity (Wildman–Crippen MR) is 78.3 cm³/mol. The van der Waals surface area contributed by atoms with Gasteiger partial charge in [0.05, 0.1) is 11.8 Å². The lowest BCUT2D eigenvalue weighted by molar-refractivity contribution is -0.136. The Morgan fingerprint density at radius 1 is 1.43 bits per heavy atom. The van der Waals surface area contributed by atoms with Crippen molar-refractivity contribution < 1.29 is 19.1 Å². The monoisotopic (exact) mass is 293 g/mol. The normalized spacial score (nSPS) is 19.0. The van der Waals surface area contributed by atoms with E-state index in [4.69, 9.17) is 9.52 Å². The van der Waals surface area contributed by atoms with Gasteiger partial charge in [0.1, 0.15) is 12.2 Å². The molecule has 1 aromatic rings. The van der Waals surface area contributed by atoms with Crippen LogP contribution < -0.4 is 0 Å². The van der Waals surface area contributed by atoms with Gasteiger partial charge in [0.25, 0.3) is 5.91 Å². The molecule has 1 aromatic heterocycles. The van der Waals surface area contributed by atoms with Gasteiger partial charge in [-0.05, 0) is 25.2 Å². The lowest BCUT2D eigenvalue weighted by atomic mass is 9.85. The van der Waals surface area contributed by atoms with E-state index in [0.717, 1.165) is 19.4 Å². The maximum Gasteiger partial charge on any atom is 0.311 e. The minimum Gasteiger partial charge on any atom is -0.481 e. The number of carbonyl (C=O) groups is 2. The van der Waals surface area contributed by atoms with Crippen molar-refractivity contribution in [1.29, 1.82) is 0 Å². The van der Waals surface area contributed by atoms with Crippen molar-refractivity contribution in [1.82, 2.24) is 4.90 Å². The Balaban J connectivity index is 2.32. The first-order valence-corrected chi connectivity index (χ1v) is 7.31. The molecule has 1 unspecified atom stereocenters. The molecule has 5 nitrogen and oxygen atoms in total. The van der Waals surface area contributed by atoms with Crippen LogP contribution in [0.3, 0.4) is 0 Å². The molecule has 0 spiro atoms. The van der Waals surface area contributed by atoms with Crippen molar-refractivity contribution in [3.8, 4) is 0 Å². The maximum atomic E-state index is 12.9. The zero-order chi connectivity index (χ0) is 15.8. The Labute approximate surface area is 124 Å². The second-order valence-electron chi connectivity index (χ2n) is 6.81. The molecular weight excluding hydrogens is 270 g/mol. The van der Waals surface area contributed by atoms with Crippen molar-refractivity contribution in [2.75, 3.05) is 6.54 Å². The van der Waals surface area contributed by atoms with Gasteiger partial charge in [-0.15, -0.1) is 0 Å². The minimum atomic E-state index is -0.993. The van der Waals surface area contributed by atoms with Crippen molar-refractivity contribution in [2.45, 2.75) is 53.0 Å². The Hall–Kier alpha value is -1.78. The molecule has 1 atom stereocenters. The fraction of sp³-hybridized carbons (Fsp3) is 0.625. The molecule has 1 aliphatic rings. The molecule has 1 fully saturated rings. The van der Waals surface area contributed by atoms with Crippen molar-refractivity contribution in [3.63, 3.8) is 0 Å². The largest absolute Gasteiger partial charge is 0.481 e. The standard InChI is InChI=1S/C16H23NO4/c1-10-9-21-11(8-13(18)19)14(10)15(20)17-7-5-6-12(17)16(2,3)4/h9,12H,5-8H2,1-4H3,(H,18,19). The van der Waals surface area contributed by atoms with Crippen LogP contribution in [0.25, 0.3) is 0 Å². The number of hydrogen-bond donors (Lipinski definition) is 1. The van der Waals surface area contributed by atoms with E-state index >= 15 is 0 Å². The van der Waals surface area contributed by atoms with Crippen LogP contribution in [0.15, 0.2) is 10.7 Å². The molecular formula is C16H23NO4. The van der Waals surface area contributed by atoms with Crippen LogP contribution in [0.2, 0.25) is 0 Å². The topological polar surface area (TPSA) is 70.7 Å². The van der Waals surface area contributed by atoms with Gasteiger partial charge in [0, 0.05) is 18.2 Å². The highest BCUT2D eigenvalue weighted by atomic mass is 16.4. The molecule has 0 bridgehead atoms. The first kappa shape index (κ1) is 15.6. The van der Waals surface area contributed by atoms with Crippen molar-refractivity contribution in [2.24, 2.45) is 5.41 Å². The van der Waals surface area contributed by atoms with Crippen molar-refractivity contribution >= 4 is 11.9 Å². The lowest BCUT2D eigenvalue weighted by Crippen LogP contribution is -2.43. The molecule has 0 aliphatic carbocycles. The number of furan rings is 1. The summed E-state index contributed by atoms with van der Waals surface area (Å²) in [7, 11) is 0. The fourth-order valence-corrected chi connectivity index (χ4v) is 3.11. The van der Waals surface area contributed by atoms with E-state index in [1.807, 2.05) is 4.90 Å². The van der Waals surface area contributed by atoms with Crippen LogP contribution in [0.4, 0.5) is 0 Å². The molecule has 1 aliphatic heterocycles. The number of likely N-dealkylation sites (tertiary alicyclic amines) is 1. The first-order valence-electron chi connectivity index (χ1n) is 7.31. The summed E-state index contributed by atoms with van der Waals surface area (Å²) in [6.45, 7) is 8.89. The second-order valence-corrected chi connectivity index (χ2v) is 6.81. The molecule has 0 radical (unpaired) electrons. The Morgan fingerprint density at radius 3 is 2.67 bits per heavy atom. The third kappa shape index (κ3) is 3.12. The van der Waals surface area contributed by atoms with Gasteiger partial charge in [-0.3, -0.25) is 9.59 Å². The maximum absolute atomic E-state index is 12.9. The molecule has 0 aromatic carbocycles. The van der Waals surface area contributed by atoms with E-state index < -0.39 is 5.97 Å². The summed E-state index contributed by atoms with van der Waals surface area (Å²) in [4.78, 5) is 25.7. The molecule has 1 saturated heterocycles. The van der Waals surface area contributed by atoms with Gasteiger partial charge >= 0.3 is 5.97 Å². The summed E-state index contributed by atoms with van der Waals surface area (Å²) in [6, 6.07) is 0.178. The van der Waals surface area contributed by atoms with Crippen molar-refractivity contribution in [3.05, 3.63) is 23.2 Å². The molecule has 116 valence electrons. The van der Waals surface area contributed by atoms with E-state index in [2.05, 4.69) is 20.8 Å². The smallest absolute Gasteiger partial charge is 0.311 e. The highest BCUT2D eigenvalue weighted by molar-refractivity contribution is 5.97.